The van der Waals surface area contributed by atoms with Crippen molar-refractivity contribution in [1.29, 1.82) is 5.26 Å². The van der Waals surface area contributed by atoms with Crippen LogP contribution in [0.15, 0.2) is 176 Å². The molecule has 0 unspecified atom stereocenters. The Hall–Kier alpha value is -7.57. The Morgan fingerprint density at radius 3 is 1.23 bits per heavy atom. The summed E-state index contributed by atoms with van der Waals surface area (Å²) in [5.74, 6) is 0. The lowest BCUT2D eigenvalue weighted by Gasteiger charge is -2.21. The molecule has 0 aliphatic carbocycles. The van der Waals surface area contributed by atoms with Gasteiger partial charge in [0.2, 0.25) is 0 Å². The number of nitriles is 1. The summed E-state index contributed by atoms with van der Waals surface area (Å²) < 4.78 is 90.0. The number of rotatable bonds is 5. The van der Waals surface area contributed by atoms with E-state index in [1.165, 1.54) is 0 Å². The van der Waals surface area contributed by atoms with Crippen LogP contribution in [0.1, 0.15) is 16.7 Å². The first-order valence-corrected chi connectivity index (χ1v) is 19.0. The Labute approximate surface area is 339 Å². The van der Waals surface area contributed by atoms with Crippen LogP contribution in [-0.2, 0) is 12.4 Å². The van der Waals surface area contributed by atoms with Crippen LogP contribution in [0.5, 0.6) is 0 Å². The van der Waals surface area contributed by atoms with E-state index < -0.39 is 23.5 Å². The zero-order chi connectivity index (χ0) is 41.3. The number of para-hydroxylation sites is 2. The van der Waals surface area contributed by atoms with E-state index in [1.807, 2.05) is 149 Å². The molecule has 10 rings (SSSR count). The third-order valence-electron chi connectivity index (χ3n) is 11.2. The molecule has 0 amide bonds. The van der Waals surface area contributed by atoms with E-state index in [0.717, 1.165) is 65.9 Å². The first-order valence-electron chi connectivity index (χ1n) is 19.0. The number of benzene rings is 8. The third kappa shape index (κ3) is 6.07. The summed E-state index contributed by atoms with van der Waals surface area (Å²) in [4.78, 5) is 0. The lowest BCUT2D eigenvalue weighted by molar-refractivity contribution is -0.143. The van der Waals surface area contributed by atoms with Crippen LogP contribution >= 0.6 is 0 Å². The van der Waals surface area contributed by atoms with Crippen molar-refractivity contribution in [3.05, 3.63) is 193 Å². The molecule has 290 valence electrons. The minimum absolute atomic E-state index is 0.0799. The van der Waals surface area contributed by atoms with Crippen molar-refractivity contribution in [2.24, 2.45) is 0 Å². The molecule has 8 aromatic carbocycles. The fourth-order valence-corrected chi connectivity index (χ4v) is 8.46. The highest BCUT2D eigenvalue weighted by molar-refractivity contribution is 6.13. The maximum atomic E-state index is 14.3. The molecule has 0 spiro atoms. The maximum absolute atomic E-state index is 14.3. The third-order valence-corrected chi connectivity index (χ3v) is 11.2. The van der Waals surface area contributed by atoms with Gasteiger partial charge in [-0.05, 0) is 82.4 Å². The first kappa shape index (κ1) is 36.7. The molecule has 10 aromatic rings. The second-order valence-electron chi connectivity index (χ2n) is 14.7. The van der Waals surface area contributed by atoms with Crippen molar-refractivity contribution in [3.63, 3.8) is 0 Å². The normalized spacial score (nSPS) is 12.2. The number of fused-ring (bicyclic) bond motifs is 6. The highest BCUT2D eigenvalue weighted by Crippen LogP contribution is 2.44. The van der Waals surface area contributed by atoms with E-state index in [2.05, 4.69) is 12.1 Å². The monoisotopic (exact) mass is 797 g/mol. The number of halogens is 6. The summed E-state index contributed by atoms with van der Waals surface area (Å²) in [5, 5.41) is 14.4. The van der Waals surface area contributed by atoms with Gasteiger partial charge in [-0.25, -0.2) is 0 Å². The molecule has 0 saturated heterocycles. The summed E-state index contributed by atoms with van der Waals surface area (Å²) >= 11 is 0. The summed E-state index contributed by atoms with van der Waals surface area (Å²) in [7, 11) is 0. The summed E-state index contributed by atoms with van der Waals surface area (Å²) in [6, 6.07) is 54.2. The fourth-order valence-electron chi connectivity index (χ4n) is 8.46. The van der Waals surface area contributed by atoms with Crippen molar-refractivity contribution < 1.29 is 26.3 Å². The number of nitrogens with zero attached hydrogens (tertiary/aromatic N) is 3. The van der Waals surface area contributed by atoms with Crippen LogP contribution in [0.4, 0.5) is 26.3 Å². The van der Waals surface area contributed by atoms with E-state index in [0.29, 0.717) is 23.5 Å². The van der Waals surface area contributed by atoms with Crippen LogP contribution in [0.3, 0.4) is 0 Å². The Kier molecular flexibility index (Phi) is 8.44. The predicted octanol–water partition coefficient (Wildman–Crippen LogP) is 14.8. The molecule has 0 N–H and O–H groups in total. The molecule has 0 atom stereocenters. The topological polar surface area (TPSA) is 33.6 Å². The van der Waals surface area contributed by atoms with Crippen LogP contribution in [0.25, 0.3) is 88.4 Å². The zero-order valence-electron chi connectivity index (χ0n) is 31.4. The van der Waals surface area contributed by atoms with E-state index in [4.69, 9.17) is 0 Å². The minimum Gasteiger partial charge on any atom is -0.307 e. The van der Waals surface area contributed by atoms with Crippen LogP contribution in [0.2, 0.25) is 0 Å². The molecule has 0 aliphatic heterocycles. The van der Waals surface area contributed by atoms with Crippen molar-refractivity contribution in [2.75, 3.05) is 0 Å². The number of aromatic nitrogens is 2. The zero-order valence-corrected chi connectivity index (χ0v) is 31.4. The molecular formula is C51H29F6N3. The van der Waals surface area contributed by atoms with Gasteiger partial charge in [0.05, 0.1) is 56.2 Å². The molecular weight excluding hydrogens is 769 g/mol. The van der Waals surface area contributed by atoms with Crippen LogP contribution in [-0.4, -0.2) is 9.13 Å². The van der Waals surface area contributed by atoms with Gasteiger partial charge in [-0.2, -0.15) is 31.6 Å². The number of alkyl halides is 6. The van der Waals surface area contributed by atoms with Gasteiger partial charge in [0, 0.05) is 27.1 Å². The molecule has 2 aromatic heterocycles. The van der Waals surface area contributed by atoms with E-state index in [1.54, 1.807) is 12.1 Å². The molecule has 60 heavy (non-hydrogen) atoms. The standard InChI is InChI=1S/C51H29F6N3/c52-50(53,54)37-23-35(24-38(28-37)51(55,56)57)43-29-49(60-45-18-10-8-16-40(45)42-22-20-34(26-47(42)60)32-13-5-2-6-14-32)48(27-36(43)30-58)59-44-17-9-7-15-39(44)41-21-19-33(25-46(41)59)31-11-3-1-4-12-31/h1-29H. The Morgan fingerprint density at radius 2 is 0.783 bits per heavy atom. The van der Waals surface area contributed by atoms with Gasteiger partial charge in [-0.1, -0.05) is 121 Å². The largest absolute Gasteiger partial charge is 0.416 e. The second-order valence-corrected chi connectivity index (χ2v) is 14.7. The Bertz CT molecular complexity index is 3320. The Balaban J connectivity index is 1.37. The maximum Gasteiger partial charge on any atom is 0.416 e. The van der Waals surface area contributed by atoms with Crippen LogP contribution in [0, 0.1) is 11.3 Å². The minimum atomic E-state index is -5.09. The van der Waals surface area contributed by atoms with Gasteiger partial charge in [0.25, 0.3) is 0 Å². The van der Waals surface area contributed by atoms with Gasteiger partial charge in [-0.3, -0.25) is 0 Å². The molecule has 0 radical (unpaired) electrons. The molecule has 3 nitrogen and oxygen atoms in total. The highest BCUT2D eigenvalue weighted by atomic mass is 19.4. The van der Waals surface area contributed by atoms with Gasteiger partial charge in [0.1, 0.15) is 0 Å². The van der Waals surface area contributed by atoms with E-state index in [-0.39, 0.29) is 22.8 Å². The smallest absolute Gasteiger partial charge is 0.307 e. The van der Waals surface area contributed by atoms with Crippen molar-refractivity contribution >= 4 is 43.6 Å². The predicted molar refractivity (Wildman–Crippen MR) is 226 cm³/mol. The summed E-state index contributed by atoms with van der Waals surface area (Å²) in [6.45, 7) is 0. The van der Waals surface area contributed by atoms with Gasteiger partial charge >= 0.3 is 12.4 Å². The van der Waals surface area contributed by atoms with Gasteiger partial charge < -0.3 is 9.13 Å². The van der Waals surface area contributed by atoms with Crippen LogP contribution < -0.4 is 0 Å². The highest BCUT2D eigenvalue weighted by Gasteiger charge is 2.37. The second kappa shape index (κ2) is 13.8. The summed E-state index contributed by atoms with van der Waals surface area (Å²) in [6.07, 6.45) is -10.2. The number of hydrogen-bond acceptors (Lipinski definition) is 1. The van der Waals surface area contributed by atoms with Crippen molar-refractivity contribution in [2.45, 2.75) is 12.4 Å². The average Bonchev–Trinajstić information content (AvgIpc) is 3.77. The molecule has 0 fully saturated rings. The Morgan fingerprint density at radius 1 is 0.367 bits per heavy atom. The molecule has 0 bridgehead atoms. The van der Waals surface area contributed by atoms with Gasteiger partial charge in [0.15, 0.2) is 0 Å². The SMILES string of the molecule is N#Cc1cc(-n2c3ccccc3c3ccc(-c4ccccc4)cc32)c(-n2c3ccccc3c3ccc(-c4ccccc4)cc32)cc1-c1cc(C(F)(F)F)cc(C(F)(F)F)c1. The van der Waals surface area contributed by atoms with Crippen molar-refractivity contribution in [1.82, 2.24) is 9.13 Å². The lowest BCUT2D eigenvalue weighted by Crippen LogP contribution is -2.11. The van der Waals surface area contributed by atoms with E-state index in [9.17, 15) is 31.6 Å². The molecule has 0 aliphatic rings. The average molecular weight is 798 g/mol. The summed E-state index contributed by atoms with van der Waals surface area (Å²) in [5.41, 5.74) is 4.28. The molecule has 9 heteroatoms. The van der Waals surface area contributed by atoms with E-state index >= 15 is 0 Å². The van der Waals surface area contributed by atoms with Gasteiger partial charge in [-0.15, -0.1) is 0 Å². The van der Waals surface area contributed by atoms with Crippen molar-refractivity contribution in [3.8, 4) is 50.8 Å². The fraction of sp³-hybridized carbons (Fsp3) is 0.0392. The lowest BCUT2D eigenvalue weighted by atomic mass is 9.94. The number of hydrogen-bond donors (Lipinski definition) is 0. The molecule has 2 heterocycles. The first-order chi connectivity index (χ1) is 29.0. The molecule has 0 saturated carbocycles. The quantitative estimate of drug-likeness (QED) is 0.160.